The highest BCUT2D eigenvalue weighted by Gasteiger charge is 2.24. The molecule has 1 fully saturated rings. The van der Waals surface area contributed by atoms with Crippen LogP contribution in [0.2, 0.25) is 0 Å². The first-order valence-electron chi connectivity index (χ1n) is 9.19. The molecule has 1 saturated heterocycles. The van der Waals surface area contributed by atoms with Gasteiger partial charge in [0.05, 0.1) is 10.8 Å². The maximum absolute atomic E-state index is 12.3. The van der Waals surface area contributed by atoms with Crippen LogP contribution in [0.15, 0.2) is 70.6 Å². The molecule has 146 valence electrons. The fourth-order valence-corrected chi connectivity index (χ4v) is 4.40. The van der Waals surface area contributed by atoms with Crippen LogP contribution in [0.5, 0.6) is 0 Å². The van der Waals surface area contributed by atoms with E-state index in [4.69, 9.17) is 0 Å². The van der Waals surface area contributed by atoms with E-state index in [9.17, 15) is 4.21 Å². The van der Waals surface area contributed by atoms with E-state index >= 15 is 0 Å². The van der Waals surface area contributed by atoms with Gasteiger partial charge >= 0.3 is 0 Å². The molecule has 0 aromatic heterocycles. The lowest BCUT2D eigenvalue weighted by molar-refractivity contribution is 0.461. The van der Waals surface area contributed by atoms with Crippen molar-refractivity contribution in [2.24, 2.45) is 10.9 Å². The van der Waals surface area contributed by atoms with E-state index in [-0.39, 0.29) is 24.0 Å². The molecule has 2 aromatic carbocycles. The summed E-state index contributed by atoms with van der Waals surface area (Å²) in [7, 11) is 0.848. The largest absolute Gasteiger partial charge is 0.355 e. The Hall–Kier alpha value is -1.41. The number of aliphatic imine (C=N–C) groups is 1. The third-order valence-electron chi connectivity index (χ3n) is 4.74. The van der Waals surface area contributed by atoms with Crippen LogP contribution in [0, 0.1) is 5.92 Å². The van der Waals surface area contributed by atoms with Crippen molar-refractivity contribution in [1.82, 2.24) is 10.2 Å². The molecule has 4 nitrogen and oxygen atoms in total. The van der Waals surface area contributed by atoms with Gasteiger partial charge in [-0.15, -0.1) is 24.0 Å². The minimum atomic E-state index is -0.973. The normalized spacial score (nSPS) is 18.0. The molecule has 3 rings (SSSR count). The zero-order valence-electron chi connectivity index (χ0n) is 15.7. The van der Waals surface area contributed by atoms with Crippen molar-refractivity contribution in [3.8, 4) is 0 Å². The molecule has 27 heavy (non-hydrogen) atoms. The van der Waals surface area contributed by atoms with Crippen LogP contribution in [-0.2, 0) is 17.2 Å². The van der Waals surface area contributed by atoms with Gasteiger partial charge in [0.2, 0.25) is 0 Å². The Morgan fingerprint density at radius 3 is 2.48 bits per heavy atom. The zero-order valence-corrected chi connectivity index (χ0v) is 18.9. The van der Waals surface area contributed by atoms with Gasteiger partial charge in [-0.3, -0.25) is 9.20 Å². The molecule has 2 aromatic rings. The van der Waals surface area contributed by atoms with Crippen molar-refractivity contribution in [3.05, 3.63) is 66.2 Å². The Morgan fingerprint density at radius 1 is 1.15 bits per heavy atom. The zero-order chi connectivity index (χ0) is 18.2. The standard InChI is InChI=1S/C21H27N3OS.HI/c1-22-21(23-13-15-26(25)20-10-6-3-7-11-20)24-14-12-19(17-24)16-18-8-4-2-5-9-18;/h2-11,19H,12-17H2,1H3,(H,22,23);1H. The van der Waals surface area contributed by atoms with Gasteiger partial charge in [-0.2, -0.15) is 0 Å². The molecule has 0 spiro atoms. The number of guanidine groups is 1. The van der Waals surface area contributed by atoms with Crippen molar-refractivity contribution >= 4 is 40.7 Å². The second-order valence-electron chi connectivity index (χ2n) is 6.63. The molecular weight excluding hydrogens is 469 g/mol. The number of benzene rings is 2. The summed E-state index contributed by atoms with van der Waals surface area (Å²) in [6.45, 7) is 2.71. The third kappa shape index (κ3) is 6.60. The maximum atomic E-state index is 12.3. The van der Waals surface area contributed by atoms with E-state index in [2.05, 4.69) is 45.5 Å². The van der Waals surface area contributed by atoms with Crippen LogP contribution >= 0.6 is 24.0 Å². The first kappa shape index (κ1) is 21.9. The Balaban J connectivity index is 0.00000261. The molecule has 0 amide bonds. The molecule has 0 radical (unpaired) electrons. The van der Waals surface area contributed by atoms with Crippen molar-refractivity contribution in [1.29, 1.82) is 0 Å². The SMILES string of the molecule is CN=C(NCCS(=O)c1ccccc1)N1CCC(Cc2ccccc2)C1.I. The third-order valence-corrected chi connectivity index (χ3v) is 6.11. The summed E-state index contributed by atoms with van der Waals surface area (Å²) in [5.74, 6) is 2.17. The number of nitrogens with one attached hydrogen (secondary N) is 1. The quantitative estimate of drug-likeness (QED) is 0.377. The summed E-state index contributed by atoms with van der Waals surface area (Å²) in [4.78, 5) is 7.61. The van der Waals surface area contributed by atoms with E-state index in [1.54, 1.807) is 0 Å². The van der Waals surface area contributed by atoms with E-state index < -0.39 is 10.8 Å². The predicted molar refractivity (Wildman–Crippen MR) is 124 cm³/mol. The summed E-state index contributed by atoms with van der Waals surface area (Å²) in [5.41, 5.74) is 1.40. The Labute approximate surface area is 181 Å². The van der Waals surface area contributed by atoms with Crippen LogP contribution < -0.4 is 5.32 Å². The van der Waals surface area contributed by atoms with Gasteiger partial charge in [0.15, 0.2) is 5.96 Å². The summed E-state index contributed by atoms with van der Waals surface area (Å²) in [6, 6.07) is 20.3. The number of nitrogens with zero attached hydrogens (tertiary/aromatic N) is 2. The van der Waals surface area contributed by atoms with Gasteiger partial charge in [-0.1, -0.05) is 48.5 Å². The maximum Gasteiger partial charge on any atom is 0.193 e. The molecular formula is C21H28IN3OS. The Kier molecular flexibility index (Phi) is 9.27. The minimum absolute atomic E-state index is 0. The summed E-state index contributed by atoms with van der Waals surface area (Å²) < 4.78 is 12.3. The Bertz CT molecular complexity index is 740. The fraction of sp³-hybridized carbons (Fsp3) is 0.381. The fourth-order valence-electron chi connectivity index (χ4n) is 3.42. The lowest BCUT2D eigenvalue weighted by Crippen LogP contribution is -2.41. The lowest BCUT2D eigenvalue weighted by atomic mass is 9.99. The smallest absolute Gasteiger partial charge is 0.193 e. The summed E-state index contributed by atoms with van der Waals surface area (Å²) >= 11 is 0. The molecule has 1 aliphatic rings. The van der Waals surface area contributed by atoms with E-state index in [0.29, 0.717) is 18.2 Å². The average Bonchev–Trinajstić information content (AvgIpc) is 3.15. The monoisotopic (exact) mass is 497 g/mol. The van der Waals surface area contributed by atoms with Gasteiger partial charge in [0, 0.05) is 37.3 Å². The van der Waals surface area contributed by atoms with E-state index in [1.165, 1.54) is 12.0 Å². The number of likely N-dealkylation sites (tertiary alicyclic amines) is 1. The molecule has 2 unspecified atom stereocenters. The number of halogens is 1. The first-order valence-corrected chi connectivity index (χ1v) is 10.5. The van der Waals surface area contributed by atoms with E-state index in [0.717, 1.165) is 30.4 Å². The number of rotatable bonds is 6. The second-order valence-corrected chi connectivity index (χ2v) is 8.20. The molecule has 0 aliphatic carbocycles. The molecule has 1 N–H and O–H groups in total. The second kappa shape index (κ2) is 11.4. The van der Waals surface area contributed by atoms with E-state index in [1.807, 2.05) is 37.4 Å². The lowest BCUT2D eigenvalue weighted by Gasteiger charge is -2.21. The molecule has 0 saturated carbocycles. The number of hydrogen-bond acceptors (Lipinski definition) is 2. The summed E-state index contributed by atoms with van der Waals surface area (Å²) in [6.07, 6.45) is 2.30. The van der Waals surface area contributed by atoms with Gasteiger partial charge < -0.3 is 10.2 Å². The van der Waals surface area contributed by atoms with Crippen LogP contribution in [0.1, 0.15) is 12.0 Å². The highest BCUT2D eigenvalue weighted by Crippen LogP contribution is 2.20. The van der Waals surface area contributed by atoms with Gasteiger partial charge in [-0.05, 0) is 36.5 Å². The van der Waals surface area contributed by atoms with Gasteiger partial charge in [0.1, 0.15) is 0 Å². The molecule has 1 aliphatic heterocycles. The van der Waals surface area contributed by atoms with Crippen molar-refractivity contribution in [3.63, 3.8) is 0 Å². The molecule has 0 bridgehead atoms. The molecule has 1 heterocycles. The van der Waals surface area contributed by atoms with Crippen LogP contribution in [-0.4, -0.2) is 47.5 Å². The van der Waals surface area contributed by atoms with Crippen LogP contribution in [0.4, 0.5) is 0 Å². The van der Waals surface area contributed by atoms with Crippen molar-refractivity contribution in [2.45, 2.75) is 17.7 Å². The van der Waals surface area contributed by atoms with Crippen molar-refractivity contribution < 1.29 is 4.21 Å². The van der Waals surface area contributed by atoms with Crippen LogP contribution in [0.25, 0.3) is 0 Å². The van der Waals surface area contributed by atoms with Gasteiger partial charge in [0.25, 0.3) is 0 Å². The van der Waals surface area contributed by atoms with Crippen LogP contribution in [0.3, 0.4) is 0 Å². The molecule has 6 heteroatoms. The Morgan fingerprint density at radius 2 is 1.81 bits per heavy atom. The highest BCUT2D eigenvalue weighted by atomic mass is 127. The van der Waals surface area contributed by atoms with Crippen molar-refractivity contribution in [2.75, 3.05) is 32.4 Å². The minimum Gasteiger partial charge on any atom is -0.355 e. The molecule has 2 atom stereocenters. The highest BCUT2D eigenvalue weighted by molar-refractivity contribution is 14.0. The average molecular weight is 497 g/mol. The van der Waals surface area contributed by atoms with Gasteiger partial charge in [-0.25, -0.2) is 0 Å². The topological polar surface area (TPSA) is 44.7 Å². The first-order chi connectivity index (χ1) is 12.8. The predicted octanol–water partition coefficient (Wildman–Crippen LogP) is 3.55. The number of hydrogen-bond donors (Lipinski definition) is 1. The summed E-state index contributed by atoms with van der Waals surface area (Å²) in [5, 5.41) is 3.38.